The molecule has 1 aromatic rings. The second-order valence-electron chi connectivity index (χ2n) is 15.0. The first-order chi connectivity index (χ1) is 25.7. The van der Waals surface area contributed by atoms with E-state index in [1.807, 2.05) is 38.5 Å². The van der Waals surface area contributed by atoms with Crippen LogP contribution in [0.25, 0.3) is 31.9 Å². The third-order valence-electron chi connectivity index (χ3n) is 10.9. The Kier molecular flexibility index (Phi) is 17.7. The summed E-state index contributed by atoms with van der Waals surface area (Å²) in [7, 11) is 4.09. The van der Waals surface area contributed by atoms with E-state index in [0.717, 1.165) is 87.8 Å². The van der Waals surface area contributed by atoms with E-state index < -0.39 is 0 Å². The summed E-state index contributed by atoms with van der Waals surface area (Å²) >= 11 is 0. The van der Waals surface area contributed by atoms with Gasteiger partial charge >= 0.3 is 19.5 Å². The SMILES string of the molecule is C1=CC(C2CCCC[N-]2)[N-]CC1.C1CCC(C2CCCC[N-]2)[N-]C1.CN(C)c1cccc(OCCCCC2=CC[N-]C3=C4[N-]C=CC=C4C=CC23)c1.[Ru+6]. The molecule has 0 N–H and O–H groups in total. The monoisotopic (exact) mass is 805 g/mol. The van der Waals surface area contributed by atoms with Crippen LogP contribution in [0.2, 0.25) is 0 Å². The second kappa shape index (κ2) is 22.6. The van der Waals surface area contributed by atoms with Crippen LogP contribution in [0.15, 0.2) is 95.5 Å². The zero-order valence-electron chi connectivity index (χ0n) is 32.1. The normalized spacial score (nSPS) is 27.3. The summed E-state index contributed by atoms with van der Waals surface area (Å²) in [6, 6.07) is 10.4. The molecule has 0 aromatic heterocycles. The summed E-state index contributed by atoms with van der Waals surface area (Å²) in [6.45, 7) is 5.76. The molecule has 0 amide bonds. The van der Waals surface area contributed by atoms with Gasteiger partial charge in [0.05, 0.1) is 6.61 Å². The van der Waals surface area contributed by atoms with Crippen molar-refractivity contribution in [2.75, 3.05) is 58.3 Å². The number of ether oxygens (including phenoxy) is 1. The largest absolute Gasteiger partial charge is 6.00 e. The van der Waals surface area contributed by atoms with Crippen molar-refractivity contribution in [1.82, 2.24) is 0 Å². The summed E-state index contributed by atoms with van der Waals surface area (Å²) in [4.78, 5) is 2.09. The van der Waals surface area contributed by atoms with Crippen LogP contribution >= 0.6 is 0 Å². The van der Waals surface area contributed by atoms with E-state index in [1.165, 1.54) is 68.9 Å². The molecule has 0 saturated carbocycles. The standard InChI is InChI=1S/C24H27N3O.C10H18N2.C10H16N2.Ru/c1-27(2)20-9-5-10-21(17-20)28-16-4-3-7-18-13-15-26-24-22(18)12-11-19-8-6-14-25-23(19)24;2*1-3-7-11-9(5-1)10-6-2-4-8-12-10;/h5-6,8-14,17,22H,3-4,7,15-16H2,1-2H3;9-10H,1-8H2;1,5,9-10H,2-4,6-8H2;/q3*-2;+6. The molecule has 53 heavy (non-hydrogen) atoms. The van der Waals surface area contributed by atoms with E-state index in [-0.39, 0.29) is 25.4 Å². The molecular formula is C44H61N7ORu. The first kappa shape index (κ1) is 41.5. The predicted molar refractivity (Wildman–Crippen MR) is 220 cm³/mol. The average Bonchev–Trinajstić information content (AvgIpc) is 3.22. The fourth-order valence-electron chi connectivity index (χ4n) is 7.99. The molecule has 0 bridgehead atoms. The Morgan fingerprint density at radius 2 is 1.55 bits per heavy atom. The van der Waals surface area contributed by atoms with Gasteiger partial charge in [0.2, 0.25) is 0 Å². The van der Waals surface area contributed by atoms with E-state index >= 15 is 0 Å². The van der Waals surface area contributed by atoms with Crippen molar-refractivity contribution in [2.24, 2.45) is 5.92 Å². The number of benzene rings is 1. The zero-order chi connectivity index (χ0) is 35.8. The Morgan fingerprint density at radius 3 is 2.21 bits per heavy atom. The van der Waals surface area contributed by atoms with Gasteiger partial charge in [-0.15, -0.1) is 62.7 Å². The first-order valence-electron chi connectivity index (χ1n) is 20.3. The summed E-state index contributed by atoms with van der Waals surface area (Å²) < 4.78 is 5.95. The maximum Gasteiger partial charge on any atom is 6.00 e. The van der Waals surface area contributed by atoms with Gasteiger partial charge in [-0.2, -0.15) is 24.0 Å². The van der Waals surface area contributed by atoms with E-state index in [1.54, 1.807) is 0 Å². The molecule has 5 unspecified atom stereocenters. The molecule has 3 saturated heterocycles. The molecule has 5 atom stereocenters. The molecular weight excluding hydrogens is 744 g/mol. The maximum absolute atomic E-state index is 5.95. The van der Waals surface area contributed by atoms with Crippen molar-refractivity contribution in [1.29, 1.82) is 0 Å². The van der Waals surface area contributed by atoms with Crippen molar-refractivity contribution in [3.8, 4) is 5.75 Å². The quantitative estimate of drug-likeness (QED) is 0.141. The smallest absolute Gasteiger partial charge is 0.685 e. The van der Waals surface area contributed by atoms with Crippen molar-refractivity contribution in [2.45, 2.75) is 108 Å². The number of allylic oxidation sites excluding steroid dienone is 4. The van der Waals surface area contributed by atoms with Gasteiger partial charge in [-0.05, 0) is 37.0 Å². The Balaban J connectivity index is 0.000000178. The van der Waals surface area contributed by atoms with Crippen LogP contribution < -0.4 is 9.64 Å². The van der Waals surface area contributed by atoms with Crippen LogP contribution in [0, 0.1) is 5.92 Å². The van der Waals surface area contributed by atoms with Crippen LogP contribution in [-0.2, 0) is 19.5 Å². The molecule has 0 radical (unpaired) electrons. The van der Waals surface area contributed by atoms with Crippen molar-refractivity contribution >= 4 is 5.69 Å². The topological polar surface area (TPSA) is 97.1 Å². The summed E-state index contributed by atoms with van der Waals surface area (Å²) in [5, 5.41) is 27.8. The van der Waals surface area contributed by atoms with Crippen LogP contribution in [0.3, 0.4) is 0 Å². The molecule has 0 spiro atoms. The number of piperidine rings is 3. The van der Waals surface area contributed by atoms with Crippen molar-refractivity contribution in [3.63, 3.8) is 0 Å². The number of nitrogens with zero attached hydrogens (tertiary/aromatic N) is 7. The summed E-state index contributed by atoms with van der Waals surface area (Å²) in [5.41, 5.74) is 5.98. The fraction of sp³-hybridized carbons (Fsp3) is 0.591. The summed E-state index contributed by atoms with van der Waals surface area (Å²) in [6.07, 6.45) is 33.4. The molecule has 6 aliphatic heterocycles. The molecule has 9 heteroatoms. The Bertz CT molecular complexity index is 1410. The number of unbranched alkanes of at least 4 members (excludes halogenated alkanes) is 1. The minimum Gasteiger partial charge on any atom is -0.685 e. The molecule has 286 valence electrons. The van der Waals surface area contributed by atoms with Crippen LogP contribution in [-0.4, -0.2) is 77.6 Å². The van der Waals surface area contributed by atoms with Crippen molar-refractivity contribution < 1.29 is 24.2 Å². The number of hydrogen-bond acceptors (Lipinski definition) is 2. The van der Waals surface area contributed by atoms with Crippen LogP contribution in [0.4, 0.5) is 5.69 Å². The Hall–Kier alpha value is -2.68. The molecule has 8 nitrogen and oxygen atoms in total. The van der Waals surface area contributed by atoms with E-state index in [9.17, 15) is 0 Å². The minimum absolute atomic E-state index is 0. The predicted octanol–water partition coefficient (Wildman–Crippen LogP) is 11.3. The number of fused-ring (bicyclic) bond motifs is 2. The van der Waals surface area contributed by atoms with Gasteiger partial charge in [-0.25, -0.2) is 0 Å². The van der Waals surface area contributed by atoms with E-state index in [4.69, 9.17) is 10.1 Å². The summed E-state index contributed by atoms with van der Waals surface area (Å²) in [5.74, 6) is 1.23. The van der Waals surface area contributed by atoms with Gasteiger partial charge in [-0.1, -0.05) is 106 Å². The minimum atomic E-state index is 0. The molecule has 8 rings (SSSR count). The Morgan fingerprint density at radius 1 is 0.811 bits per heavy atom. The Labute approximate surface area is 333 Å². The van der Waals surface area contributed by atoms with E-state index in [0.29, 0.717) is 24.2 Å². The molecule has 1 aromatic carbocycles. The second-order valence-corrected chi connectivity index (χ2v) is 15.0. The maximum atomic E-state index is 5.95. The third kappa shape index (κ3) is 12.7. The van der Waals surface area contributed by atoms with Crippen LogP contribution in [0.5, 0.6) is 5.75 Å². The first-order valence-corrected chi connectivity index (χ1v) is 20.3. The fourth-order valence-corrected chi connectivity index (χ4v) is 7.99. The molecule has 1 aliphatic carbocycles. The van der Waals surface area contributed by atoms with Gasteiger partial charge < -0.3 is 41.5 Å². The van der Waals surface area contributed by atoms with Gasteiger partial charge in [0.15, 0.2) is 0 Å². The van der Waals surface area contributed by atoms with Gasteiger partial charge in [0.25, 0.3) is 0 Å². The zero-order valence-corrected chi connectivity index (χ0v) is 33.9. The van der Waals surface area contributed by atoms with Gasteiger partial charge in [0, 0.05) is 31.8 Å². The number of hydrogen-bond donors (Lipinski definition) is 0. The van der Waals surface area contributed by atoms with Gasteiger partial charge in [0.1, 0.15) is 5.75 Å². The van der Waals surface area contributed by atoms with Crippen molar-refractivity contribution in [3.05, 3.63) is 127 Å². The number of rotatable bonds is 9. The van der Waals surface area contributed by atoms with Gasteiger partial charge in [-0.3, -0.25) is 0 Å². The average molecular weight is 805 g/mol. The third-order valence-corrected chi connectivity index (χ3v) is 10.9. The molecule has 7 aliphatic rings. The molecule has 3 fully saturated rings. The molecule has 6 heterocycles. The van der Waals surface area contributed by atoms with Crippen LogP contribution in [0.1, 0.15) is 83.5 Å². The number of anilines is 1. The van der Waals surface area contributed by atoms with E-state index in [2.05, 4.69) is 80.1 Å².